The van der Waals surface area contributed by atoms with Gasteiger partial charge in [-0.3, -0.25) is 24.1 Å². The Labute approximate surface area is 242 Å². The Morgan fingerprint density at radius 2 is 1.61 bits per heavy atom. The summed E-state index contributed by atoms with van der Waals surface area (Å²) >= 11 is 0.759. The molecule has 0 saturated carbocycles. The molecule has 212 valence electrons. The summed E-state index contributed by atoms with van der Waals surface area (Å²) in [6.45, 7) is 7.12. The number of benzene rings is 3. The van der Waals surface area contributed by atoms with Crippen molar-refractivity contribution in [2.45, 2.75) is 27.7 Å². The van der Waals surface area contributed by atoms with Crippen LogP contribution in [0.3, 0.4) is 0 Å². The Hall–Kier alpha value is -4.57. The van der Waals surface area contributed by atoms with Crippen LogP contribution in [0.2, 0.25) is 0 Å². The molecule has 0 spiro atoms. The van der Waals surface area contributed by atoms with Gasteiger partial charge in [-0.2, -0.15) is 0 Å². The minimum absolute atomic E-state index is 0.179. The van der Waals surface area contributed by atoms with Crippen LogP contribution in [0.5, 0.6) is 11.5 Å². The van der Waals surface area contributed by atoms with Crippen molar-refractivity contribution in [2.75, 3.05) is 30.9 Å². The van der Waals surface area contributed by atoms with Crippen LogP contribution in [0.15, 0.2) is 59.5 Å². The highest BCUT2D eigenvalue weighted by atomic mass is 32.2. The highest BCUT2D eigenvalue weighted by Gasteiger charge is 2.36. The van der Waals surface area contributed by atoms with Crippen molar-refractivity contribution < 1.29 is 28.7 Å². The van der Waals surface area contributed by atoms with Gasteiger partial charge in [0.1, 0.15) is 6.54 Å². The van der Waals surface area contributed by atoms with Crippen molar-refractivity contribution >= 4 is 52.2 Å². The predicted molar refractivity (Wildman–Crippen MR) is 160 cm³/mol. The van der Waals surface area contributed by atoms with E-state index in [2.05, 4.69) is 10.6 Å². The third-order valence-corrected chi connectivity index (χ3v) is 7.38. The molecule has 1 saturated heterocycles. The topological polar surface area (TPSA) is 114 Å². The van der Waals surface area contributed by atoms with Crippen LogP contribution in [0.4, 0.5) is 16.2 Å². The number of thioether (sulfide) groups is 1. The first-order chi connectivity index (χ1) is 19.5. The number of anilines is 2. The highest BCUT2D eigenvalue weighted by molar-refractivity contribution is 8.18. The van der Waals surface area contributed by atoms with Crippen LogP contribution in [-0.4, -0.2) is 48.1 Å². The molecule has 1 heterocycles. The van der Waals surface area contributed by atoms with Crippen LogP contribution < -0.4 is 20.1 Å². The number of imide groups is 1. The van der Waals surface area contributed by atoms with Gasteiger partial charge in [0.05, 0.1) is 12.0 Å². The molecule has 1 fully saturated rings. The molecule has 0 aliphatic carbocycles. The van der Waals surface area contributed by atoms with Crippen molar-refractivity contribution in [3.63, 3.8) is 0 Å². The van der Waals surface area contributed by atoms with E-state index < -0.39 is 23.6 Å². The molecule has 41 heavy (non-hydrogen) atoms. The third kappa shape index (κ3) is 7.34. The fourth-order valence-electron chi connectivity index (χ4n) is 4.04. The molecule has 4 amide bonds. The number of methoxy groups -OCH3 is 1. The number of rotatable bonds is 9. The second-order valence-corrected chi connectivity index (χ2v) is 10.7. The van der Waals surface area contributed by atoms with E-state index in [1.54, 1.807) is 24.3 Å². The summed E-state index contributed by atoms with van der Waals surface area (Å²) in [6.07, 6.45) is 1.55. The molecule has 0 bridgehead atoms. The molecule has 3 aromatic rings. The Morgan fingerprint density at radius 1 is 0.854 bits per heavy atom. The Morgan fingerprint density at radius 3 is 2.34 bits per heavy atom. The van der Waals surface area contributed by atoms with Crippen LogP contribution in [0.1, 0.15) is 27.8 Å². The molecule has 3 aromatic carbocycles. The fourth-order valence-corrected chi connectivity index (χ4v) is 4.88. The monoisotopic (exact) mass is 573 g/mol. The number of nitrogens with one attached hydrogen (secondary N) is 2. The summed E-state index contributed by atoms with van der Waals surface area (Å²) in [7, 11) is 1.46. The van der Waals surface area contributed by atoms with E-state index in [0.29, 0.717) is 28.4 Å². The molecule has 0 aromatic heterocycles. The molecule has 2 N–H and O–H groups in total. The van der Waals surface area contributed by atoms with E-state index in [1.807, 2.05) is 64.1 Å². The highest BCUT2D eigenvalue weighted by Crippen LogP contribution is 2.34. The van der Waals surface area contributed by atoms with Crippen molar-refractivity contribution in [1.29, 1.82) is 0 Å². The second kappa shape index (κ2) is 12.7. The third-order valence-electron chi connectivity index (χ3n) is 6.48. The number of aryl methyl sites for hydroxylation is 4. The summed E-state index contributed by atoms with van der Waals surface area (Å²) in [6, 6.07) is 16.2. The number of nitrogens with zero attached hydrogens (tertiary/aromatic N) is 1. The molecule has 1 aliphatic heterocycles. The normalized spacial score (nSPS) is 13.9. The van der Waals surface area contributed by atoms with E-state index in [1.165, 1.54) is 7.11 Å². The van der Waals surface area contributed by atoms with Gasteiger partial charge in [0.25, 0.3) is 17.1 Å². The summed E-state index contributed by atoms with van der Waals surface area (Å²) in [5.74, 6) is -0.652. The second-order valence-electron chi connectivity index (χ2n) is 9.68. The summed E-state index contributed by atoms with van der Waals surface area (Å²) in [5.41, 5.74) is 5.95. The zero-order valence-electron chi connectivity index (χ0n) is 23.5. The summed E-state index contributed by atoms with van der Waals surface area (Å²) in [4.78, 5) is 51.6. The maximum atomic E-state index is 13.0. The van der Waals surface area contributed by atoms with E-state index in [-0.39, 0.29) is 17.4 Å². The van der Waals surface area contributed by atoms with Gasteiger partial charge in [0.2, 0.25) is 5.91 Å². The lowest BCUT2D eigenvalue weighted by Gasteiger charge is -2.14. The van der Waals surface area contributed by atoms with Gasteiger partial charge < -0.3 is 20.1 Å². The molecule has 4 rings (SSSR count). The van der Waals surface area contributed by atoms with Crippen LogP contribution in [-0.2, 0) is 14.4 Å². The molecular weight excluding hydrogens is 542 g/mol. The van der Waals surface area contributed by atoms with E-state index in [9.17, 15) is 19.2 Å². The van der Waals surface area contributed by atoms with Gasteiger partial charge in [0, 0.05) is 11.4 Å². The summed E-state index contributed by atoms with van der Waals surface area (Å²) < 4.78 is 11.1. The maximum Gasteiger partial charge on any atom is 0.294 e. The van der Waals surface area contributed by atoms with Gasteiger partial charge in [-0.1, -0.05) is 24.3 Å². The minimum atomic E-state index is -0.557. The number of carbonyl (C=O) groups excluding carboxylic acids is 4. The van der Waals surface area contributed by atoms with Crippen LogP contribution in [0.25, 0.3) is 6.08 Å². The Bertz CT molecular complexity index is 1570. The van der Waals surface area contributed by atoms with Gasteiger partial charge in [-0.25, -0.2) is 0 Å². The lowest BCUT2D eigenvalue weighted by molar-refractivity contribution is -0.127. The predicted octanol–water partition coefficient (Wildman–Crippen LogP) is 5.62. The molecule has 10 heteroatoms. The molecule has 0 unspecified atom stereocenters. The number of hydrogen-bond donors (Lipinski definition) is 2. The van der Waals surface area contributed by atoms with Gasteiger partial charge in [-0.05, 0) is 104 Å². The zero-order valence-corrected chi connectivity index (χ0v) is 24.3. The minimum Gasteiger partial charge on any atom is -0.493 e. The molecule has 9 nitrogen and oxygen atoms in total. The number of hydrogen-bond acceptors (Lipinski definition) is 7. The largest absolute Gasteiger partial charge is 0.493 e. The van der Waals surface area contributed by atoms with Crippen molar-refractivity contribution in [1.82, 2.24) is 4.90 Å². The first kappa shape index (κ1) is 29.4. The molecule has 1 aliphatic rings. The van der Waals surface area contributed by atoms with Gasteiger partial charge in [-0.15, -0.1) is 0 Å². The lowest BCUT2D eigenvalue weighted by Crippen LogP contribution is -2.36. The first-order valence-corrected chi connectivity index (χ1v) is 13.7. The van der Waals surface area contributed by atoms with Gasteiger partial charge in [0.15, 0.2) is 18.1 Å². The Kier molecular flexibility index (Phi) is 9.14. The standard InChI is InChI=1S/C31H31N3O6S/c1-18-6-7-20(3)24(12-18)33-28(35)16-34-30(37)27(41-31(34)38)15-22-9-11-25(26(14-22)39-5)40-17-29(36)32-23-10-8-19(2)21(4)13-23/h6-15H,16-17H2,1-5H3,(H,32,36)(H,33,35)/b27-15+. The summed E-state index contributed by atoms with van der Waals surface area (Å²) in [5, 5.41) is 5.04. The SMILES string of the molecule is COc1cc(/C=C2/SC(=O)N(CC(=O)Nc3cc(C)ccc3C)C2=O)ccc1OCC(=O)Nc1ccc(C)c(C)c1. The quantitative estimate of drug-likeness (QED) is 0.319. The Balaban J connectivity index is 1.38. The van der Waals surface area contributed by atoms with Crippen LogP contribution >= 0.6 is 11.8 Å². The maximum absolute atomic E-state index is 13.0. The zero-order chi connectivity index (χ0) is 29.7. The van der Waals surface area contributed by atoms with Crippen molar-refractivity contribution in [3.8, 4) is 11.5 Å². The number of amides is 4. The lowest BCUT2D eigenvalue weighted by atomic mass is 10.1. The smallest absolute Gasteiger partial charge is 0.294 e. The number of carbonyl (C=O) groups is 4. The van der Waals surface area contributed by atoms with E-state index in [4.69, 9.17) is 9.47 Å². The van der Waals surface area contributed by atoms with E-state index >= 15 is 0 Å². The van der Waals surface area contributed by atoms with Gasteiger partial charge >= 0.3 is 0 Å². The number of ether oxygens (including phenoxy) is 2. The first-order valence-electron chi connectivity index (χ1n) is 12.8. The van der Waals surface area contributed by atoms with Crippen molar-refractivity contribution in [2.24, 2.45) is 0 Å². The molecule has 0 radical (unpaired) electrons. The molecule has 0 atom stereocenters. The van der Waals surface area contributed by atoms with Crippen LogP contribution in [0, 0.1) is 27.7 Å². The fraction of sp³-hybridized carbons (Fsp3) is 0.226. The average Bonchev–Trinajstić information content (AvgIpc) is 3.19. The van der Waals surface area contributed by atoms with Crippen molar-refractivity contribution in [3.05, 3.63) is 87.3 Å². The molecular formula is C31H31N3O6S. The average molecular weight is 574 g/mol. The van der Waals surface area contributed by atoms with E-state index in [0.717, 1.165) is 38.9 Å².